The maximum atomic E-state index is 13.5. The van der Waals surface area contributed by atoms with Gasteiger partial charge in [0.2, 0.25) is 5.91 Å². The van der Waals surface area contributed by atoms with Gasteiger partial charge in [-0.2, -0.15) is 0 Å². The molecule has 1 aromatic heterocycles. The van der Waals surface area contributed by atoms with Gasteiger partial charge in [0.25, 0.3) is 5.91 Å². The lowest BCUT2D eigenvalue weighted by Crippen LogP contribution is -2.45. The molecule has 0 unspecified atom stereocenters. The van der Waals surface area contributed by atoms with Crippen LogP contribution in [-0.2, 0) is 9.59 Å². The van der Waals surface area contributed by atoms with E-state index < -0.39 is 11.9 Å². The molecule has 27 heavy (non-hydrogen) atoms. The van der Waals surface area contributed by atoms with Gasteiger partial charge in [-0.05, 0) is 43.5 Å². The third-order valence-electron chi connectivity index (χ3n) is 5.06. The van der Waals surface area contributed by atoms with Crippen molar-refractivity contribution in [1.29, 1.82) is 0 Å². The first-order valence-corrected chi connectivity index (χ1v) is 8.81. The number of H-pyrrole nitrogens is 1. The van der Waals surface area contributed by atoms with Crippen molar-refractivity contribution >= 4 is 28.7 Å². The smallest absolute Gasteiger partial charge is 0.306 e. The van der Waals surface area contributed by atoms with E-state index in [0.717, 1.165) is 10.9 Å². The molecular weight excluding hydrogens is 353 g/mol. The zero-order valence-electron chi connectivity index (χ0n) is 15.3. The number of hydrogen-bond donors (Lipinski definition) is 2. The van der Waals surface area contributed by atoms with E-state index in [2.05, 4.69) is 4.98 Å². The summed E-state index contributed by atoms with van der Waals surface area (Å²) in [6.07, 6.45) is 0.844. The number of piperidine rings is 1. The number of carboxylic acids is 1. The quantitative estimate of drug-likeness (QED) is 0.855. The molecule has 8 heteroatoms. The highest BCUT2D eigenvalue weighted by molar-refractivity contribution is 6.00. The molecule has 1 aliphatic heterocycles. The molecule has 0 aliphatic carbocycles. The fourth-order valence-corrected chi connectivity index (χ4v) is 3.45. The number of likely N-dealkylation sites (tertiary alicyclic amines) is 1. The summed E-state index contributed by atoms with van der Waals surface area (Å²) < 4.78 is 13.5. The second-order valence-electron chi connectivity index (χ2n) is 7.02. The summed E-state index contributed by atoms with van der Waals surface area (Å²) in [5.41, 5.74) is 1.55. The number of nitrogens with zero attached hydrogens (tertiary/aromatic N) is 2. The zero-order chi connectivity index (χ0) is 19.7. The number of carbonyl (C=O) groups excluding carboxylic acids is 2. The number of rotatable bonds is 4. The molecule has 0 atom stereocenters. The lowest BCUT2D eigenvalue weighted by atomic mass is 9.97. The van der Waals surface area contributed by atoms with Gasteiger partial charge in [0.15, 0.2) is 0 Å². The van der Waals surface area contributed by atoms with Crippen molar-refractivity contribution in [3.63, 3.8) is 0 Å². The summed E-state index contributed by atoms with van der Waals surface area (Å²) >= 11 is 0. The van der Waals surface area contributed by atoms with Crippen molar-refractivity contribution in [2.45, 2.75) is 19.8 Å². The Labute approximate surface area is 155 Å². The fourth-order valence-electron chi connectivity index (χ4n) is 3.45. The monoisotopic (exact) mass is 375 g/mol. The van der Waals surface area contributed by atoms with E-state index in [-0.39, 0.29) is 24.2 Å². The molecule has 1 aliphatic rings. The largest absolute Gasteiger partial charge is 0.481 e. The van der Waals surface area contributed by atoms with E-state index in [1.165, 1.54) is 24.1 Å². The van der Waals surface area contributed by atoms with Crippen LogP contribution in [-0.4, -0.2) is 64.4 Å². The molecule has 1 saturated heterocycles. The van der Waals surface area contributed by atoms with Gasteiger partial charge >= 0.3 is 5.97 Å². The molecule has 0 spiro atoms. The number of hydrogen-bond acceptors (Lipinski definition) is 3. The third kappa shape index (κ3) is 3.94. The van der Waals surface area contributed by atoms with E-state index in [9.17, 15) is 18.8 Å². The van der Waals surface area contributed by atoms with Crippen LogP contribution >= 0.6 is 0 Å². The minimum Gasteiger partial charge on any atom is -0.481 e. The Bertz CT molecular complexity index is 900. The minimum absolute atomic E-state index is 0.0979. The average Bonchev–Trinajstić information content (AvgIpc) is 3.05. The van der Waals surface area contributed by atoms with Crippen LogP contribution in [0, 0.1) is 18.7 Å². The standard InChI is InChI=1S/C19H22FN3O4/c1-11-7-13(20)8-15-14(11)9-16(21-15)18(25)22(2)10-17(24)23-5-3-12(4-6-23)19(26)27/h7-9,12,21H,3-6,10H2,1-2H3,(H,26,27). The summed E-state index contributed by atoms with van der Waals surface area (Å²) in [5, 5.41) is 9.78. The van der Waals surface area contributed by atoms with E-state index in [4.69, 9.17) is 5.11 Å². The van der Waals surface area contributed by atoms with Gasteiger partial charge in [-0.3, -0.25) is 14.4 Å². The van der Waals surface area contributed by atoms with Gasteiger partial charge in [0, 0.05) is 31.0 Å². The number of amides is 2. The topological polar surface area (TPSA) is 93.7 Å². The lowest BCUT2D eigenvalue weighted by molar-refractivity contribution is -0.145. The van der Waals surface area contributed by atoms with Crippen LogP contribution in [0.5, 0.6) is 0 Å². The summed E-state index contributed by atoms with van der Waals surface area (Å²) in [6, 6.07) is 4.39. The van der Waals surface area contributed by atoms with E-state index in [1.807, 2.05) is 0 Å². The van der Waals surface area contributed by atoms with Crippen molar-refractivity contribution in [2.75, 3.05) is 26.7 Å². The number of fused-ring (bicyclic) bond motifs is 1. The molecule has 2 heterocycles. The van der Waals surface area contributed by atoms with Gasteiger partial charge in [-0.15, -0.1) is 0 Å². The molecular formula is C19H22FN3O4. The summed E-state index contributed by atoms with van der Waals surface area (Å²) in [6.45, 7) is 2.42. The van der Waals surface area contributed by atoms with Crippen molar-refractivity contribution in [1.82, 2.24) is 14.8 Å². The highest BCUT2D eigenvalue weighted by Gasteiger charge is 2.28. The Morgan fingerprint density at radius 2 is 1.93 bits per heavy atom. The molecule has 2 amide bonds. The Hall–Kier alpha value is -2.90. The van der Waals surface area contributed by atoms with Crippen LogP contribution in [0.15, 0.2) is 18.2 Å². The van der Waals surface area contributed by atoms with Crippen LogP contribution in [0.3, 0.4) is 0 Å². The van der Waals surface area contributed by atoms with Crippen LogP contribution in [0.4, 0.5) is 4.39 Å². The van der Waals surface area contributed by atoms with Crippen molar-refractivity contribution in [3.05, 3.63) is 35.3 Å². The summed E-state index contributed by atoms with van der Waals surface area (Å²) in [4.78, 5) is 41.8. The van der Waals surface area contributed by atoms with Crippen molar-refractivity contribution in [3.8, 4) is 0 Å². The molecule has 2 N–H and O–H groups in total. The number of nitrogens with one attached hydrogen (secondary N) is 1. The minimum atomic E-state index is -0.833. The summed E-state index contributed by atoms with van der Waals surface area (Å²) in [5.74, 6) is -2.20. The van der Waals surface area contributed by atoms with Gasteiger partial charge in [0.05, 0.1) is 12.5 Å². The lowest BCUT2D eigenvalue weighted by Gasteiger charge is -2.31. The highest BCUT2D eigenvalue weighted by atomic mass is 19.1. The predicted molar refractivity (Wildman–Crippen MR) is 96.9 cm³/mol. The Balaban J connectivity index is 1.65. The zero-order valence-corrected chi connectivity index (χ0v) is 15.3. The number of aromatic nitrogens is 1. The Kier molecular flexibility index (Phi) is 5.16. The van der Waals surface area contributed by atoms with Crippen LogP contribution in [0.25, 0.3) is 10.9 Å². The van der Waals surface area contributed by atoms with Gasteiger partial charge in [-0.25, -0.2) is 4.39 Å². The van der Waals surface area contributed by atoms with E-state index in [0.29, 0.717) is 37.1 Å². The number of aromatic amines is 1. The van der Waals surface area contributed by atoms with Crippen LogP contribution in [0.2, 0.25) is 0 Å². The van der Waals surface area contributed by atoms with Gasteiger partial charge in [0.1, 0.15) is 11.5 Å². The van der Waals surface area contributed by atoms with Crippen molar-refractivity contribution < 1.29 is 23.9 Å². The fraction of sp³-hybridized carbons (Fsp3) is 0.421. The molecule has 1 fully saturated rings. The number of halogens is 1. The highest BCUT2D eigenvalue weighted by Crippen LogP contribution is 2.22. The second kappa shape index (κ2) is 7.38. The predicted octanol–water partition coefficient (Wildman–Crippen LogP) is 2.01. The van der Waals surface area contributed by atoms with E-state index in [1.54, 1.807) is 17.9 Å². The maximum absolute atomic E-state index is 13.5. The number of aliphatic carboxylic acids is 1. The van der Waals surface area contributed by atoms with Gasteiger partial charge < -0.3 is 19.9 Å². The second-order valence-corrected chi connectivity index (χ2v) is 7.02. The molecule has 0 radical (unpaired) electrons. The van der Waals surface area contributed by atoms with Crippen LogP contribution < -0.4 is 0 Å². The maximum Gasteiger partial charge on any atom is 0.306 e. The Morgan fingerprint density at radius 3 is 2.56 bits per heavy atom. The number of benzene rings is 1. The SMILES string of the molecule is Cc1cc(F)cc2[nH]c(C(=O)N(C)CC(=O)N3CCC(C(=O)O)CC3)cc12. The molecule has 7 nitrogen and oxygen atoms in total. The van der Waals surface area contributed by atoms with Crippen molar-refractivity contribution in [2.24, 2.45) is 5.92 Å². The number of aryl methyl sites for hydroxylation is 1. The van der Waals surface area contributed by atoms with Crippen LogP contribution in [0.1, 0.15) is 28.9 Å². The Morgan fingerprint density at radius 1 is 1.26 bits per heavy atom. The first-order valence-electron chi connectivity index (χ1n) is 8.81. The third-order valence-corrected chi connectivity index (χ3v) is 5.06. The number of carbonyl (C=O) groups is 3. The first-order chi connectivity index (χ1) is 12.8. The normalized spacial score (nSPS) is 15.1. The molecule has 2 aromatic rings. The molecule has 1 aromatic carbocycles. The molecule has 3 rings (SSSR count). The number of carboxylic acid groups (broad SMARTS) is 1. The molecule has 144 valence electrons. The van der Waals surface area contributed by atoms with Gasteiger partial charge in [-0.1, -0.05) is 0 Å². The molecule has 0 saturated carbocycles. The molecule has 0 bridgehead atoms. The summed E-state index contributed by atoms with van der Waals surface area (Å²) in [7, 11) is 1.53. The van der Waals surface area contributed by atoms with E-state index >= 15 is 0 Å². The average molecular weight is 375 g/mol. The number of likely N-dealkylation sites (N-methyl/N-ethyl adjacent to an activating group) is 1. The first kappa shape index (κ1) is 18.9.